The molecular formula is C19H19N3O4S. The second-order valence-electron chi connectivity index (χ2n) is 6.36. The Morgan fingerprint density at radius 2 is 1.56 bits per heavy atom. The van der Waals surface area contributed by atoms with Crippen LogP contribution in [0.2, 0.25) is 0 Å². The molecule has 0 radical (unpaired) electrons. The lowest BCUT2D eigenvalue weighted by Gasteiger charge is -2.35. The summed E-state index contributed by atoms with van der Waals surface area (Å²) >= 11 is 0. The Bertz CT molecular complexity index is 975. The maximum absolute atomic E-state index is 13.0. The molecule has 4 rings (SSSR count). The van der Waals surface area contributed by atoms with Gasteiger partial charge in [-0.25, -0.2) is 8.42 Å². The predicted octanol–water partition coefficient (Wildman–Crippen LogP) is 1.84. The van der Waals surface area contributed by atoms with Crippen molar-refractivity contribution >= 4 is 15.7 Å². The lowest BCUT2D eigenvalue weighted by molar-refractivity contribution is 0.171. The van der Waals surface area contributed by atoms with Crippen LogP contribution in [0.4, 0.5) is 5.69 Å². The van der Waals surface area contributed by atoms with Gasteiger partial charge in [-0.05, 0) is 36.4 Å². The minimum absolute atomic E-state index is 0.221. The van der Waals surface area contributed by atoms with E-state index in [0.717, 1.165) is 5.69 Å². The van der Waals surface area contributed by atoms with Gasteiger partial charge in [-0.2, -0.15) is 9.57 Å². The van der Waals surface area contributed by atoms with Crippen molar-refractivity contribution in [3.63, 3.8) is 0 Å². The van der Waals surface area contributed by atoms with Gasteiger partial charge in [0.2, 0.25) is 10.0 Å². The van der Waals surface area contributed by atoms with Gasteiger partial charge < -0.3 is 14.4 Å². The van der Waals surface area contributed by atoms with Crippen molar-refractivity contribution in [2.24, 2.45) is 0 Å². The minimum atomic E-state index is -3.58. The molecule has 7 nitrogen and oxygen atoms in total. The molecule has 1 fully saturated rings. The van der Waals surface area contributed by atoms with Crippen LogP contribution in [0.25, 0.3) is 0 Å². The average Bonchev–Trinajstić information content (AvgIpc) is 2.73. The van der Waals surface area contributed by atoms with Crippen LogP contribution in [0.3, 0.4) is 0 Å². The van der Waals surface area contributed by atoms with Crippen molar-refractivity contribution in [1.29, 1.82) is 5.26 Å². The molecule has 0 bridgehead atoms. The number of ether oxygens (including phenoxy) is 2. The third-order valence-electron chi connectivity index (χ3n) is 4.75. The predicted molar refractivity (Wildman–Crippen MR) is 99.6 cm³/mol. The summed E-state index contributed by atoms with van der Waals surface area (Å²) in [6.45, 7) is 2.87. The first kappa shape index (κ1) is 17.6. The Kier molecular flexibility index (Phi) is 4.64. The molecule has 0 N–H and O–H groups in total. The van der Waals surface area contributed by atoms with Crippen LogP contribution in [0, 0.1) is 11.3 Å². The molecule has 27 heavy (non-hydrogen) atoms. The molecular weight excluding hydrogens is 366 g/mol. The average molecular weight is 385 g/mol. The highest BCUT2D eigenvalue weighted by molar-refractivity contribution is 7.89. The van der Waals surface area contributed by atoms with Crippen LogP contribution < -0.4 is 14.4 Å². The fourth-order valence-electron chi connectivity index (χ4n) is 3.27. The van der Waals surface area contributed by atoms with E-state index in [1.54, 1.807) is 24.3 Å². The van der Waals surface area contributed by atoms with Crippen LogP contribution in [-0.2, 0) is 10.0 Å². The van der Waals surface area contributed by atoms with Gasteiger partial charge in [0, 0.05) is 37.9 Å². The molecule has 0 saturated carbocycles. The maximum Gasteiger partial charge on any atom is 0.243 e. The summed E-state index contributed by atoms with van der Waals surface area (Å²) < 4.78 is 38.4. The van der Waals surface area contributed by atoms with E-state index in [9.17, 15) is 8.42 Å². The summed E-state index contributed by atoms with van der Waals surface area (Å²) in [5.74, 6) is 1.05. The van der Waals surface area contributed by atoms with Gasteiger partial charge in [0.05, 0.1) is 16.5 Å². The Morgan fingerprint density at radius 1 is 0.889 bits per heavy atom. The molecule has 2 aromatic rings. The van der Waals surface area contributed by atoms with Crippen LogP contribution in [0.15, 0.2) is 47.4 Å². The number of nitrogens with zero attached hydrogens (tertiary/aromatic N) is 3. The van der Waals surface area contributed by atoms with Gasteiger partial charge in [0.15, 0.2) is 11.5 Å². The Hall–Kier alpha value is -2.76. The number of nitriles is 1. The van der Waals surface area contributed by atoms with Gasteiger partial charge in [0.25, 0.3) is 0 Å². The number of fused-ring (bicyclic) bond motifs is 1. The number of sulfonamides is 1. The number of piperazine rings is 1. The van der Waals surface area contributed by atoms with Gasteiger partial charge in [-0.15, -0.1) is 0 Å². The standard InChI is InChI=1S/C19H19N3O4S/c20-14-15-1-3-16(4-2-15)21-7-9-22(10-8-21)27(23,24)17-5-6-18-19(13-17)26-12-11-25-18/h1-6,13H,7-12H2. The minimum Gasteiger partial charge on any atom is -0.486 e. The third kappa shape index (κ3) is 3.44. The first-order valence-corrected chi connectivity index (χ1v) is 10.2. The van der Waals surface area contributed by atoms with Crippen LogP contribution >= 0.6 is 0 Å². The van der Waals surface area contributed by atoms with Crippen molar-refractivity contribution in [1.82, 2.24) is 4.31 Å². The summed E-state index contributed by atoms with van der Waals surface area (Å²) in [5.41, 5.74) is 1.60. The SMILES string of the molecule is N#Cc1ccc(N2CCN(S(=O)(=O)c3ccc4c(c3)OCCO4)CC2)cc1. The van der Waals surface area contributed by atoms with E-state index in [0.29, 0.717) is 56.5 Å². The molecule has 0 aromatic heterocycles. The van der Waals surface area contributed by atoms with Crippen molar-refractivity contribution in [2.75, 3.05) is 44.3 Å². The Morgan fingerprint density at radius 3 is 2.22 bits per heavy atom. The zero-order chi connectivity index (χ0) is 18.9. The van der Waals surface area contributed by atoms with Gasteiger partial charge in [0.1, 0.15) is 13.2 Å². The van der Waals surface area contributed by atoms with Gasteiger partial charge >= 0.3 is 0 Å². The summed E-state index contributed by atoms with van der Waals surface area (Å²) in [4.78, 5) is 2.34. The molecule has 0 unspecified atom stereocenters. The van der Waals surface area contributed by atoms with Crippen molar-refractivity contribution in [3.05, 3.63) is 48.0 Å². The summed E-state index contributed by atoms with van der Waals surface area (Å²) in [6.07, 6.45) is 0. The van der Waals surface area contributed by atoms with Crippen LogP contribution in [0.5, 0.6) is 11.5 Å². The molecule has 0 spiro atoms. The van der Waals surface area contributed by atoms with Crippen LogP contribution in [0.1, 0.15) is 5.56 Å². The molecule has 140 valence electrons. The Balaban J connectivity index is 1.47. The maximum atomic E-state index is 13.0. The number of rotatable bonds is 3. The lowest BCUT2D eigenvalue weighted by atomic mass is 10.2. The monoisotopic (exact) mass is 385 g/mol. The summed E-state index contributed by atoms with van der Waals surface area (Å²) in [6, 6.07) is 14.2. The zero-order valence-corrected chi connectivity index (χ0v) is 15.5. The molecule has 0 aliphatic carbocycles. The second kappa shape index (κ2) is 7.10. The molecule has 0 amide bonds. The molecule has 2 aromatic carbocycles. The quantitative estimate of drug-likeness (QED) is 0.802. The van der Waals surface area contributed by atoms with Gasteiger partial charge in [-0.1, -0.05) is 0 Å². The van der Waals surface area contributed by atoms with E-state index in [-0.39, 0.29) is 4.90 Å². The van der Waals surface area contributed by atoms with Gasteiger partial charge in [-0.3, -0.25) is 0 Å². The largest absolute Gasteiger partial charge is 0.486 e. The fourth-order valence-corrected chi connectivity index (χ4v) is 4.70. The van der Waals surface area contributed by atoms with E-state index >= 15 is 0 Å². The van der Waals surface area contributed by atoms with E-state index in [2.05, 4.69) is 11.0 Å². The number of anilines is 1. The highest BCUT2D eigenvalue weighted by Crippen LogP contribution is 2.33. The molecule has 2 aliphatic rings. The van der Waals surface area contributed by atoms with E-state index in [1.807, 2.05) is 12.1 Å². The highest BCUT2D eigenvalue weighted by Gasteiger charge is 2.29. The highest BCUT2D eigenvalue weighted by atomic mass is 32.2. The summed E-state index contributed by atoms with van der Waals surface area (Å²) in [5, 5.41) is 8.89. The molecule has 1 saturated heterocycles. The second-order valence-corrected chi connectivity index (χ2v) is 8.29. The molecule has 0 atom stereocenters. The number of benzene rings is 2. The zero-order valence-electron chi connectivity index (χ0n) is 14.7. The molecule has 2 aliphatic heterocycles. The molecule has 8 heteroatoms. The lowest BCUT2D eigenvalue weighted by Crippen LogP contribution is -2.48. The smallest absolute Gasteiger partial charge is 0.243 e. The number of hydrogen-bond acceptors (Lipinski definition) is 6. The van der Waals surface area contributed by atoms with Crippen molar-refractivity contribution in [3.8, 4) is 17.6 Å². The van der Waals surface area contributed by atoms with E-state index in [1.165, 1.54) is 10.4 Å². The first-order valence-electron chi connectivity index (χ1n) is 8.73. The fraction of sp³-hybridized carbons (Fsp3) is 0.316. The van der Waals surface area contributed by atoms with E-state index in [4.69, 9.17) is 14.7 Å². The Labute approximate surface area is 158 Å². The third-order valence-corrected chi connectivity index (χ3v) is 6.65. The number of hydrogen-bond donors (Lipinski definition) is 0. The van der Waals surface area contributed by atoms with E-state index < -0.39 is 10.0 Å². The normalized spacial score (nSPS) is 17.4. The topological polar surface area (TPSA) is 82.9 Å². The van der Waals surface area contributed by atoms with Crippen molar-refractivity contribution < 1.29 is 17.9 Å². The first-order chi connectivity index (χ1) is 13.1. The summed E-state index contributed by atoms with van der Waals surface area (Å²) in [7, 11) is -3.58. The molecule has 2 heterocycles. The van der Waals surface area contributed by atoms with Crippen LogP contribution in [-0.4, -0.2) is 52.1 Å². The van der Waals surface area contributed by atoms with Crippen molar-refractivity contribution in [2.45, 2.75) is 4.90 Å².